The average molecular weight is 372 g/mol. The molecule has 0 bridgehead atoms. The Balaban J connectivity index is 2.80. The van der Waals surface area contributed by atoms with E-state index in [1.165, 1.54) is 7.11 Å². The molecule has 1 aromatic carbocycles. The molecule has 1 aromatic rings. The molecule has 1 atom stereocenters. The standard InChI is InChI=1S/C20H24N2O5/c1-6-26-20(24)16-11(4)27-19(22)14(9-21)17(16)13-7-12(10(2)3)8-15(25-5)18(13)23/h7-8,10,17,23H,6,22H2,1-5H3. The second kappa shape index (κ2) is 8.04. The molecule has 1 aliphatic rings. The molecule has 144 valence electrons. The van der Waals surface area contributed by atoms with Crippen molar-refractivity contribution >= 4 is 5.97 Å². The SMILES string of the molecule is CCOC(=O)C1=C(C)OC(N)=C(C#N)C1c1cc(C(C)C)cc(OC)c1O. The lowest BCUT2D eigenvalue weighted by molar-refractivity contribution is -0.139. The zero-order valence-corrected chi connectivity index (χ0v) is 16.1. The summed E-state index contributed by atoms with van der Waals surface area (Å²) in [6.07, 6.45) is 0. The minimum absolute atomic E-state index is 0.0295. The molecule has 7 nitrogen and oxygen atoms in total. The van der Waals surface area contributed by atoms with Crippen molar-refractivity contribution in [2.24, 2.45) is 5.73 Å². The molecule has 0 radical (unpaired) electrons. The van der Waals surface area contributed by atoms with E-state index < -0.39 is 11.9 Å². The molecule has 0 saturated heterocycles. The first-order valence-electron chi connectivity index (χ1n) is 8.62. The van der Waals surface area contributed by atoms with Crippen LogP contribution in [0.5, 0.6) is 11.5 Å². The van der Waals surface area contributed by atoms with Crippen LogP contribution < -0.4 is 10.5 Å². The van der Waals surface area contributed by atoms with Gasteiger partial charge in [0.1, 0.15) is 17.4 Å². The van der Waals surface area contributed by atoms with E-state index in [9.17, 15) is 15.2 Å². The number of ether oxygens (including phenoxy) is 3. The molecular formula is C20H24N2O5. The van der Waals surface area contributed by atoms with Crippen LogP contribution in [0.4, 0.5) is 0 Å². The Kier molecular flexibility index (Phi) is 6.01. The van der Waals surface area contributed by atoms with E-state index in [0.717, 1.165) is 5.56 Å². The van der Waals surface area contributed by atoms with Crippen molar-refractivity contribution in [3.63, 3.8) is 0 Å². The second-order valence-corrected chi connectivity index (χ2v) is 6.43. The van der Waals surface area contributed by atoms with Gasteiger partial charge in [-0.05, 0) is 31.4 Å². The topological polar surface area (TPSA) is 115 Å². The highest BCUT2D eigenvalue weighted by Gasteiger charge is 2.38. The van der Waals surface area contributed by atoms with Crippen LogP contribution >= 0.6 is 0 Å². The quantitative estimate of drug-likeness (QED) is 0.763. The molecule has 1 aliphatic heterocycles. The molecule has 27 heavy (non-hydrogen) atoms. The van der Waals surface area contributed by atoms with E-state index in [0.29, 0.717) is 5.56 Å². The van der Waals surface area contributed by atoms with Gasteiger partial charge in [0.15, 0.2) is 11.5 Å². The number of nitrogens with two attached hydrogens (primary N) is 1. The minimum atomic E-state index is -0.921. The lowest BCUT2D eigenvalue weighted by Gasteiger charge is -2.28. The molecule has 0 aromatic heterocycles. The van der Waals surface area contributed by atoms with Gasteiger partial charge in [0.05, 0.1) is 25.2 Å². The summed E-state index contributed by atoms with van der Waals surface area (Å²) in [5.41, 5.74) is 7.27. The van der Waals surface area contributed by atoms with E-state index in [1.807, 2.05) is 19.9 Å². The molecule has 0 aliphatic carbocycles. The number of rotatable bonds is 5. The number of carbonyl (C=O) groups excluding carboxylic acids is 1. The van der Waals surface area contributed by atoms with Crippen molar-refractivity contribution in [3.05, 3.63) is 46.0 Å². The van der Waals surface area contributed by atoms with Crippen LogP contribution in [-0.2, 0) is 14.3 Å². The molecule has 7 heteroatoms. The lowest BCUT2D eigenvalue weighted by atomic mass is 9.81. The molecule has 1 heterocycles. The second-order valence-electron chi connectivity index (χ2n) is 6.43. The largest absolute Gasteiger partial charge is 0.504 e. The lowest BCUT2D eigenvalue weighted by Crippen LogP contribution is -2.25. The molecule has 1 unspecified atom stereocenters. The maximum atomic E-state index is 12.6. The maximum absolute atomic E-state index is 12.6. The van der Waals surface area contributed by atoms with Gasteiger partial charge in [0.25, 0.3) is 0 Å². The highest BCUT2D eigenvalue weighted by Crippen LogP contribution is 2.46. The number of hydrogen-bond acceptors (Lipinski definition) is 7. The summed E-state index contributed by atoms with van der Waals surface area (Å²) in [5.74, 6) is -1.22. The van der Waals surface area contributed by atoms with E-state index in [4.69, 9.17) is 19.9 Å². The van der Waals surface area contributed by atoms with Gasteiger partial charge in [0, 0.05) is 5.56 Å². The van der Waals surface area contributed by atoms with Crippen molar-refractivity contribution in [1.82, 2.24) is 0 Å². The number of phenolic OH excluding ortho intramolecular Hbond substituents is 1. The van der Waals surface area contributed by atoms with Gasteiger partial charge in [-0.25, -0.2) is 4.79 Å². The van der Waals surface area contributed by atoms with E-state index in [-0.39, 0.29) is 46.8 Å². The summed E-state index contributed by atoms with van der Waals surface area (Å²) in [6.45, 7) is 7.39. The molecule has 0 saturated carbocycles. The number of aromatic hydroxyl groups is 1. The van der Waals surface area contributed by atoms with Crippen molar-refractivity contribution in [2.75, 3.05) is 13.7 Å². The van der Waals surface area contributed by atoms with Gasteiger partial charge >= 0.3 is 5.97 Å². The summed E-state index contributed by atoms with van der Waals surface area (Å²) < 4.78 is 15.8. The summed E-state index contributed by atoms with van der Waals surface area (Å²) in [7, 11) is 1.44. The van der Waals surface area contributed by atoms with Crippen molar-refractivity contribution < 1.29 is 24.1 Å². The Bertz CT molecular complexity index is 862. The maximum Gasteiger partial charge on any atom is 0.338 e. The Morgan fingerprint density at radius 2 is 2.11 bits per heavy atom. The minimum Gasteiger partial charge on any atom is -0.504 e. The molecule has 0 fully saturated rings. The molecule has 3 N–H and O–H groups in total. The number of hydrogen-bond donors (Lipinski definition) is 2. The number of allylic oxidation sites excluding steroid dienone is 2. The normalized spacial score (nSPS) is 16.9. The summed E-state index contributed by atoms with van der Waals surface area (Å²) >= 11 is 0. The van der Waals surface area contributed by atoms with Gasteiger partial charge in [-0.2, -0.15) is 5.26 Å². The monoisotopic (exact) mass is 372 g/mol. The number of esters is 1. The van der Waals surface area contributed by atoms with Crippen molar-refractivity contribution in [1.29, 1.82) is 5.26 Å². The first kappa shape index (κ1) is 20.2. The number of benzene rings is 1. The van der Waals surface area contributed by atoms with Gasteiger partial charge in [-0.3, -0.25) is 0 Å². The van der Waals surface area contributed by atoms with Gasteiger partial charge < -0.3 is 25.1 Å². The van der Waals surface area contributed by atoms with Gasteiger partial charge in [-0.15, -0.1) is 0 Å². The molecule has 0 amide bonds. The van der Waals surface area contributed by atoms with Crippen LogP contribution in [-0.4, -0.2) is 24.8 Å². The first-order chi connectivity index (χ1) is 12.8. The van der Waals surface area contributed by atoms with Crippen LogP contribution in [0.1, 0.15) is 50.7 Å². The fourth-order valence-electron chi connectivity index (χ4n) is 3.03. The number of nitriles is 1. The summed E-state index contributed by atoms with van der Waals surface area (Å²) in [5, 5.41) is 20.4. The third kappa shape index (κ3) is 3.70. The van der Waals surface area contributed by atoms with Crippen molar-refractivity contribution in [3.8, 4) is 17.6 Å². The zero-order chi connectivity index (χ0) is 20.3. The fourth-order valence-corrected chi connectivity index (χ4v) is 3.03. The Hall–Kier alpha value is -3.14. The number of methoxy groups -OCH3 is 1. The zero-order valence-electron chi connectivity index (χ0n) is 16.1. The molecular weight excluding hydrogens is 348 g/mol. The highest BCUT2D eigenvalue weighted by molar-refractivity contribution is 5.93. The van der Waals surface area contributed by atoms with Gasteiger partial charge in [0.2, 0.25) is 5.88 Å². The van der Waals surface area contributed by atoms with Crippen LogP contribution in [0.15, 0.2) is 34.9 Å². The molecule has 2 rings (SSSR count). The number of carbonyl (C=O) groups is 1. The Labute approximate surface area is 158 Å². The number of phenols is 1. The van der Waals surface area contributed by atoms with E-state index in [1.54, 1.807) is 26.0 Å². The van der Waals surface area contributed by atoms with Crippen LogP contribution in [0.25, 0.3) is 0 Å². The van der Waals surface area contributed by atoms with Gasteiger partial charge in [-0.1, -0.05) is 19.9 Å². The third-order valence-electron chi connectivity index (χ3n) is 4.43. The fraction of sp³-hybridized carbons (Fsp3) is 0.400. The third-order valence-corrected chi connectivity index (χ3v) is 4.43. The molecule has 0 spiro atoms. The van der Waals surface area contributed by atoms with Crippen LogP contribution in [0.3, 0.4) is 0 Å². The van der Waals surface area contributed by atoms with Crippen LogP contribution in [0.2, 0.25) is 0 Å². The summed E-state index contributed by atoms with van der Waals surface area (Å²) in [4.78, 5) is 12.6. The average Bonchev–Trinajstić information content (AvgIpc) is 2.61. The van der Waals surface area contributed by atoms with E-state index >= 15 is 0 Å². The highest BCUT2D eigenvalue weighted by atomic mass is 16.5. The number of nitrogens with zero attached hydrogens (tertiary/aromatic N) is 1. The van der Waals surface area contributed by atoms with Crippen molar-refractivity contribution in [2.45, 2.75) is 39.5 Å². The first-order valence-corrected chi connectivity index (χ1v) is 8.62. The van der Waals surface area contributed by atoms with E-state index in [2.05, 4.69) is 0 Å². The summed E-state index contributed by atoms with van der Waals surface area (Å²) in [6, 6.07) is 5.47. The predicted octanol–water partition coefficient (Wildman–Crippen LogP) is 3.17. The Morgan fingerprint density at radius 1 is 1.44 bits per heavy atom. The Morgan fingerprint density at radius 3 is 2.63 bits per heavy atom. The predicted molar refractivity (Wildman–Crippen MR) is 98.7 cm³/mol. The smallest absolute Gasteiger partial charge is 0.338 e. The van der Waals surface area contributed by atoms with Crippen LogP contribution in [0, 0.1) is 11.3 Å².